The highest BCUT2D eigenvalue weighted by molar-refractivity contribution is 9.10. The van der Waals surface area contributed by atoms with Gasteiger partial charge >= 0.3 is 0 Å². The molecule has 0 atom stereocenters. The Labute approximate surface area is 194 Å². The van der Waals surface area contributed by atoms with Crippen LogP contribution in [0.2, 0.25) is 0 Å². The number of nitrogens with one attached hydrogen (secondary N) is 1. The van der Waals surface area contributed by atoms with Gasteiger partial charge in [0.1, 0.15) is 5.82 Å². The molecule has 0 saturated heterocycles. The van der Waals surface area contributed by atoms with Gasteiger partial charge in [0.25, 0.3) is 0 Å². The smallest absolute Gasteiger partial charge is 0.234 e. The van der Waals surface area contributed by atoms with Crippen molar-refractivity contribution in [3.63, 3.8) is 0 Å². The molecule has 31 heavy (non-hydrogen) atoms. The number of hydrogen-bond donors (Lipinski definition) is 1. The first kappa shape index (κ1) is 21.6. The first-order valence-electron chi connectivity index (χ1n) is 9.96. The van der Waals surface area contributed by atoms with Crippen LogP contribution in [0.4, 0.5) is 5.69 Å². The van der Waals surface area contributed by atoms with Crippen molar-refractivity contribution in [3.8, 4) is 0 Å². The average Bonchev–Trinajstić information content (AvgIpc) is 3.09. The zero-order valence-corrected chi connectivity index (χ0v) is 20.0. The molecule has 1 heterocycles. The second kappa shape index (κ2) is 9.24. The Bertz CT molecular complexity index is 1240. The number of aryl methyl sites for hydroxylation is 2. The predicted molar refractivity (Wildman–Crippen MR) is 131 cm³/mol. The fourth-order valence-corrected chi connectivity index (χ4v) is 5.07. The van der Waals surface area contributed by atoms with Crippen LogP contribution in [0.5, 0.6) is 0 Å². The number of hydrogen-bond acceptors (Lipinski definition) is 4. The van der Waals surface area contributed by atoms with E-state index in [0.29, 0.717) is 6.42 Å². The molecule has 1 amide bonds. The van der Waals surface area contributed by atoms with Gasteiger partial charge in [-0.15, -0.1) is 10.2 Å². The van der Waals surface area contributed by atoms with Gasteiger partial charge in [0.15, 0.2) is 5.16 Å². The summed E-state index contributed by atoms with van der Waals surface area (Å²) in [5.41, 5.74) is 4.13. The lowest BCUT2D eigenvalue weighted by Gasteiger charge is -2.12. The highest BCUT2D eigenvalue weighted by atomic mass is 79.9. The minimum absolute atomic E-state index is 0.0582. The van der Waals surface area contributed by atoms with Gasteiger partial charge in [-0.2, -0.15) is 0 Å². The summed E-state index contributed by atoms with van der Waals surface area (Å²) in [4.78, 5) is 12.5. The Morgan fingerprint density at radius 3 is 2.55 bits per heavy atom. The van der Waals surface area contributed by atoms with Gasteiger partial charge in [0.05, 0.1) is 5.75 Å². The van der Waals surface area contributed by atoms with E-state index in [9.17, 15) is 4.79 Å². The number of carbonyl (C=O) groups excluding carboxylic acids is 1. The van der Waals surface area contributed by atoms with Crippen molar-refractivity contribution in [1.29, 1.82) is 0 Å². The fourth-order valence-electron chi connectivity index (χ4n) is 3.66. The lowest BCUT2D eigenvalue weighted by Crippen LogP contribution is -2.16. The van der Waals surface area contributed by atoms with Crippen molar-refractivity contribution in [2.24, 2.45) is 7.05 Å². The number of amides is 1. The van der Waals surface area contributed by atoms with Gasteiger partial charge in [-0.1, -0.05) is 70.2 Å². The van der Waals surface area contributed by atoms with E-state index >= 15 is 0 Å². The van der Waals surface area contributed by atoms with Crippen molar-refractivity contribution in [2.45, 2.75) is 25.4 Å². The third-order valence-electron chi connectivity index (χ3n) is 5.25. The van der Waals surface area contributed by atoms with Crippen LogP contribution in [0.1, 0.15) is 22.5 Å². The maximum atomic E-state index is 12.5. The number of thioether (sulfide) groups is 1. The molecule has 1 aromatic heterocycles. The second-order valence-corrected chi connectivity index (χ2v) is 9.38. The molecule has 0 radical (unpaired) electrons. The second-order valence-electron chi connectivity index (χ2n) is 7.52. The summed E-state index contributed by atoms with van der Waals surface area (Å²) in [6.45, 7) is 3.98. The largest absolute Gasteiger partial charge is 0.325 e. The van der Waals surface area contributed by atoms with E-state index in [0.717, 1.165) is 32.3 Å². The van der Waals surface area contributed by atoms with Crippen molar-refractivity contribution in [1.82, 2.24) is 14.8 Å². The summed E-state index contributed by atoms with van der Waals surface area (Å²) in [6, 6.07) is 18.7. The van der Waals surface area contributed by atoms with Crippen molar-refractivity contribution >= 4 is 50.1 Å². The topological polar surface area (TPSA) is 59.8 Å². The summed E-state index contributed by atoms with van der Waals surface area (Å²) in [5, 5.41) is 14.9. The molecular weight excluding hydrogens is 472 g/mol. The lowest BCUT2D eigenvalue weighted by molar-refractivity contribution is -0.113. The maximum absolute atomic E-state index is 12.5. The molecule has 0 unspecified atom stereocenters. The molecule has 3 aromatic carbocycles. The van der Waals surface area contributed by atoms with E-state index < -0.39 is 0 Å². The molecule has 158 valence electrons. The standard InChI is InChI=1S/C24H23BrN4OS/c1-15-11-19(25)12-16(2)23(15)26-22(30)14-31-24-28-27-21(29(24)3)13-18-9-6-8-17-7-4-5-10-20(17)18/h4-12H,13-14H2,1-3H3,(H,26,30). The minimum Gasteiger partial charge on any atom is -0.325 e. The number of rotatable bonds is 6. The van der Waals surface area contributed by atoms with Gasteiger partial charge in [-0.3, -0.25) is 4.79 Å². The molecule has 0 fully saturated rings. The maximum Gasteiger partial charge on any atom is 0.234 e. The lowest BCUT2D eigenvalue weighted by atomic mass is 10.0. The Morgan fingerprint density at radius 2 is 1.77 bits per heavy atom. The van der Waals surface area contributed by atoms with Gasteiger partial charge < -0.3 is 9.88 Å². The van der Waals surface area contributed by atoms with Crippen molar-refractivity contribution in [2.75, 3.05) is 11.1 Å². The Hall–Kier alpha value is -2.64. The van der Waals surface area contributed by atoms with Crippen LogP contribution in [0.15, 0.2) is 64.2 Å². The van der Waals surface area contributed by atoms with E-state index in [2.05, 4.69) is 67.8 Å². The molecule has 0 spiro atoms. The summed E-state index contributed by atoms with van der Waals surface area (Å²) in [6.07, 6.45) is 0.689. The highest BCUT2D eigenvalue weighted by Crippen LogP contribution is 2.26. The quantitative estimate of drug-likeness (QED) is 0.350. The molecule has 0 saturated carbocycles. The molecular formula is C24H23BrN4OS. The molecule has 7 heteroatoms. The Kier molecular flexibility index (Phi) is 6.43. The SMILES string of the molecule is Cc1cc(Br)cc(C)c1NC(=O)CSc1nnc(Cc2cccc3ccccc23)n1C. The average molecular weight is 495 g/mol. The van der Waals surface area contributed by atoms with Crippen LogP contribution in [0.3, 0.4) is 0 Å². The van der Waals surface area contributed by atoms with E-state index in [1.807, 2.05) is 43.7 Å². The van der Waals surface area contributed by atoms with Crippen LogP contribution >= 0.6 is 27.7 Å². The van der Waals surface area contributed by atoms with E-state index in [4.69, 9.17) is 0 Å². The van der Waals surface area contributed by atoms with Crippen LogP contribution in [0, 0.1) is 13.8 Å². The van der Waals surface area contributed by atoms with E-state index in [1.165, 1.54) is 28.1 Å². The molecule has 5 nitrogen and oxygen atoms in total. The summed E-state index contributed by atoms with van der Waals surface area (Å²) in [5.74, 6) is 1.09. The van der Waals surface area contributed by atoms with Crippen LogP contribution in [-0.4, -0.2) is 26.4 Å². The monoisotopic (exact) mass is 494 g/mol. The number of benzene rings is 3. The number of halogens is 1. The first-order chi connectivity index (χ1) is 14.9. The third kappa shape index (κ3) is 4.83. The van der Waals surface area contributed by atoms with Crippen LogP contribution in [0.25, 0.3) is 10.8 Å². The zero-order valence-electron chi connectivity index (χ0n) is 17.6. The third-order valence-corrected chi connectivity index (χ3v) is 6.73. The number of aromatic nitrogens is 3. The van der Waals surface area contributed by atoms with Gasteiger partial charge in [-0.25, -0.2) is 0 Å². The number of carbonyl (C=O) groups is 1. The van der Waals surface area contributed by atoms with Gasteiger partial charge in [-0.05, 0) is 53.4 Å². The van der Waals surface area contributed by atoms with Crippen molar-refractivity contribution in [3.05, 3.63) is 81.6 Å². The molecule has 0 bridgehead atoms. The van der Waals surface area contributed by atoms with Crippen molar-refractivity contribution < 1.29 is 4.79 Å². The minimum atomic E-state index is -0.0582. The molecule has 4 aromatic rings. The summed E-state index contributed by atoms with van der Waals surface area (Å²) >= 11 is 4.88. The normalized spacial score (nSPS) is 11.1. The van der Waals surface area contributed by atoms with E-state index in [1.54, 1.807) is 0 Å². The fraction of sp³-hybridized carbons (Fsp3) is 0.208. The van der Waals surface area contributed by atoms with Crippen LogP contribution < -0.4 is 5.32 Å². The molecule has 0 aliphatic rings. The molecule has 4 rings (SSSR count). The Morgan fingerprint density at radius 1 is 1.06 bits per heavy atom. The number of anilines is 1. The zero-order chi connectivity index (χ0) is 22.0. The molecule has 1 N–H and O–H groups in total. The summed E-state index contributed by atoms with van der Waals surface area (Å²) < 4.78 is 2.98. The molecule has 0 aliphatic carbocycles. The Balaban J connectivity index is 1.44. The van der Waals surface area contributed by atoms with Gasteiger partial charge in [0, 0.05) is 23.6 Å². The predicted octanol–water partition coefficient (Wildman–Crippen LogP) is 5.67. The van der Waals surface area contributed by atoms with Crippen LogP contribution in [-0.2, 0) is 18.3 Å². The summed E-state index contributed by atoms with van der Waals surface area (Å²) in [7, 11) is 1.95. The van der Waals surface area contributed by atoms with Gasteiger partial charge in [0.2, 0.25) is 5.91 Å². The number of nitrogens with zero attached hydrogens (tertiary/aromatic N) is 3. The van der Waals surface area contributed by atoms with E-state index in [-0.39, 0.29) is 11.7 Å². The highest BCUT2D eigenvalue weighted by Gasteiger charge is 2.14. The number of fused-ring (bicyclic) bond motifs is 1. The molecule has 0 aliphatic heterocycles. The first-order valence-corrected chi connectivity index (χ1v) is 11.7.